The van der Waals surface area contributed by atoms with Gasteiger partial charge in [-0.1, -0.05) is 27.2 Å². The molecule has 1 aliphatic heterocycles. The Morgan fingerprint density at radius 2 is 1.41 bits per heavy atom. The van der Waals surface area contributed by atoms with Crippen LogP contribution in [0.4, 0.5) is 0 Å². The molecule has 1 rings (SSSR count). The van der Waals surface area contributed by atoms with E-state index in [1.54, 1.807) is 0 Å². The molecule has 0 bridgehead atoms. The van der Waals surface area contributed by atoms with Crippen LogP contribution in [0.3, 0.4) is 0 Å². The van der Waals surface area contributed by atoms with E-state index in [2.05, 4.69) is 44.8 Å². The van der Waals surface area contributed by atoms with Gasteiger partial charge in [-0.05, 0) is 45.2 Å². The summed E-state index contributed by atoms with van der Waals surface area (Å²) in [6.45, 7) is 16.4. The van der Waals surface area contributed by atoms with E-state index >= 15 is 0 Å². The fourth-order valence-electron chi connectivity index (χ4n) is 2.35. The molecule has 1 fully saturated rings. The molecule has 0 radical (unpaired) electrons. The van der Waals surface area contributed by atoms with Crippen LogP contribution in [-0.2, 0) is 0 Å². The minimum absolute atomic E-state index is 0. The van der Waals surface area contributed by atoms with Gasteiger partial charge in [0.15, 0.2) is 0 Å². The lowest BCUT2D eigenvalue weighted by Gasteiger charge is -2.41. The largest absolute Gasteiger partial charge is 0.314 e. The third-order valence-electron chi connectivity index (χ3n) is 3.43. The smallest absolute Gasteiger partial charge is 0.0277 e. The van der Waals surface area contributed by atoms with Crippen molar-refractivity contribution in [2.24, 2.45) is 5.41 Å². The summed E-state index contributed by atoms with van der Waals surface area (Å²) in [6, 6.07) is 0. The number of rotatable bonds is 4. The van der Waals surface area contributed by atoms with E-state index in [1.165, 1.54) is 32.4 Å². The number of nitrogens with one attached hydrogen (secondary N) is 1. The third-order valence-corrected chi connectivity index (χ3v) is 3.43. The van der Waals surface area contributed by atoms with Crippen molar-refractivity contribution < 1.29 is 0 Å². The Balaban J connectivity index is 0.00000256. The van der Waals surface area contributed by atoms with Gasteiger partial charge in [0.05, 0.1) is 0 Å². The topological polar surface area (TPSA) is 15.3 Å². The van der Waals surface area contributed by atoms with Crippen molar-refractivity contribution >= 4 is 12.4 Å². The molecule has 1 aliphatic rings. The van der Waals surface area contributed by atoms with Crippen LogP contribution in [0.15, 0.2) is 0 Å². The van der Waals surface area contributed by atoms with Crippen molar-refractivity contribution in [3.05, 3.63) is 0 Å². The van der Waals surface area contributed by atoms with Crippen molar-refractivity contribution in [2.45, 2.75) is 59.4 Å². The number of halogens is 1. The van der Waals surface area contributed by atoms with Gasteiger partial charge in [-0.2, -0.15) is 0 Å². The maximum Gasteiger partial charge on any atom is 0.0277 e. The molecule has 1 heterocycles. The van der Waals surface area contributed by atoms with Crippen molar-refractivity contribution in [3.8, 4) is 0 Å². The molecule has 1 N–H and O–H groups in total. The van der Waals surface area contributed by atoms with E-state index in [9.17, 15) is 0 Å². The minimum atomic E-state index is 0. The Kier molecular flexibility index (Phi) is 7.05. The summed E-state index contributed by atoms with van der Waals surface area (Å²) in [6.07, 6.45) is 4.17. The summed E-state index contributed by atoms with van der Waals surface area (Å²) < 4.78 is 0. The number of nitrogens with zero attached hydrogens (tertiary/aromatic N) is 1. The fraction of sp³-hybridized carbons (Fsp3) is 1.00. The van der Waals surface area contributed by atoms with Gasteiger partial charge in [-0.15, -0.1) is 12.4 Å². The molecular weight excluding hydrogens is 232 g/mol. The molecule has 1 saturated heterocycles. The first-order chi connectivity index (χ1) is 7.31. The molecule has 0 amide bonds. The normalized spacial score (nSPS) is 18.9. The lowest BCUT2D eigenvalue weighted by molar-refractivity contribution is 0.0924. The second kappa shape index (κ2) is 6.96. The van der Waals surface area contributed by atoms with Crippen LogP contribution in [0.5, 0.6) is 0 Å². The first-order valence-corrected chi connectivity index (χ1v) is 6.77. The van der Waals surface area contributed by atoms with Crippen molar-refractivity contribution in [3.63, 3.8) is 0 Å². The van der Waals surface area contributed by atoms with Gasteiger partial charge in [0.1, 0.15) is 0 Å². The van der Waals surface area contributed by atoms with Gasteiger partial charge in [-0.25, -0.2) is 0 Å². The van der Waals surface area contributed by atoms with Crippen LogP contribution in [0.2, 0.25) is 0 Å². The second-order valence-electron chi connectivity index (χ2n) is 7.02. The maximum absolute atomic E-state index is 3.62. The van der Waals surface area contributed by atoms with Gasteiger partial charge >= 0.3 is 0 Å². The molecule has 104 valence electrons. The lowest BCUT2D eigenvalue weighted by Crippen LogP contribution is -2.53. The number of hydrogen-bond acceptors (Lipinski definition) is 2. The Morgan fingerprint density at radius 3 is 1.88 bits per heavy atom. The van der Waals surface area contributed by atoms with Crippen molar-refractivity contribution in [1.82, 2.24) is 10.2 Å². The summed E-state index contributed by atoms with van der Waals surface area (Å²) in [4.78, 5) is 2.64. The molecular formula is C14H31ClN2. The Labute approximate surface area is 114 Å². The molecule has 0 spiro atoms. The van der Waals surface area contributed by atoms with Crippen LogP contribution in [-0.4, -0.2) is 36.6 Å². The highest BCUT2D eigenvalue weighted by Crippen LogP contribution is 2.20. The Hall–Kier alpha value is 0.210. The zero-order valence-electron chi connectivity index (χ0n) is 12.3. The Bertz CT molecular complexity index is 203. The SMILES string of the molecule is CC(C)(C)CNCC(C)(C)N1CCCCC1.Cl. The zero-order chi connectivity index (χ0) is 12.2. The van der Waals surface area contributed by atoms with E-state index in [-0.39, 0.29) is 12.4 Å². The lowest BCUT2D eigenvalue weighted by atomic mass is 9.95. The first kappa shape index (κ1) is 17.2. The van der Waals surface area contributed by atoms with Gasteiger partial charge in [0.2, 0.25) is 0 Å². The predicted molar refractivity (Wildman–Crippen MR) is 79.1 cm³/mol. The quantitative estimate of drug-likeness (QED) is 0.836. The molecule has 3 heteroatoms. The standard InChI is InChI=1S/C14H30N2.ClH/c1-13(2,3)11-15-12-14(4,5)16-9-7-6-8-10-16;/h15H,6-12H2,1-5H3;1H. The number of hydrogen-bond donors (Lipinski definition) is 1. The van der Waals surface area contributed by atoms with Crippen molar-refractivity contribution in [1.29, 1.82) is 0 Å². The molecule has 0 unspecified atom stereocenters. The van der Waals surface area contributed by atoms with Crippen LogP contribution < -0.4 is 5.32 Å². The molecule has 0 aromatic heterocycles. The highest BCUT2D eigenvalue weighted by Gasteiger charge is 2.27. The van der Waals surface area contributed by atoms with E-state index in [1.807, 2.05) is 0 Å². The van der Waals surface area contributed by atoms with Crippen LogP contribution >= 0.6 is 12.4 Å². The monoisotopic (exact) mass is 262 g/mol. The summed E-state index contributed by atoms with van der Waals surface area (Å²) >= 11 is 0. The molecule has 0 aromatic rings. The highest BCUT2D eigenvalue weighted by molar-refractivity contribution is 5.85. The van der Waals surface area contributed by atoms with Crippen LogP contribution in [0.25, 0.3) is 0 Å². The van der Waals surface area contributed by atoms with Gasteiger partial charge in [-0.3, -0.25) is 4.90 Å². The highest BCUT2D eigenvalue weighted by atomic mass is 35.5. The van der Waals surface area contributed by atoms with Crippen LogP contribution in [0.1, 0.15) is 53.9 Å². The molecule has 17 heavy (non-hydrogen) atoms. The average Bonchev–Trinajstić information content (AvgIpc) is 2.17. The molecule has 0 saturated carbocycles. The molecule has 0 aromatic carbocycles. The van der Waals surface area contributed by atoms with Crippen LogP contribution in [0, 0.1) is 5.41 Å². The second-order valence-corrected chi connectivity index (χ2v) is 7.02. The maximum atomic E-state index is 3.62. The van der Waals surface area contributed by atoms with Gasteiger partial charge in [0.25, 0.3) is 0 Å². The summed E-state index contributed by atoms with van der Waals surface area (Å²) in [5.41, 5.74) is 0.698. The first-order valence-electron chi connectivity index (χ1n) is 6.77. The van der Waals surface area contributed by atoms with E-state index < -0.39 is 0 Å². The number of piperidine rings is 1. The van der Waals surface area contributed by atoms with E-state index in [4.69, 9.17) is 0 Å². The third kappa shape index (κ3) is 6.64. The Morgan fingerprint density at radius 1 is 0.882 bits per heavy atom. The van der Waals surface area contributed by atoms with Crippen molar-refractivity contribution in [2.75, 3.05) is 26.2 Å². The minimum Gasteiger partial charge on any atom is -0.314 e. The summed E-state index contributed by atoms with van der Waals surface area (Å²) in [5, 5.41) is 3.62. The van der Waals surface area contributed by atoms with Gasteiger partial charge in [0, 0.05) is 18.6 Å². The van der Waals surface area contributed by atoms with E-state index in [0.717, 1.165) is 13.1 Å². The molecule has 0 aliphatic carbocycles. The van der Waals surface area contributed by atoms with Gasteiger partial charge < -0.3 is 5.32 Å². The molecule has 2 nitrogen and oxygen atoms in total. The summed E-state index contributed by atoms with van der Waals surface area (Å²) in [5.74, 6) is 0. The number of likely N-dealkylation sites (tertiary alicyclic amines) is 1. The zero-order valence-corrected chi connectivity index (χ0v) is 13.1. The summed E-state index contributed by atoms with van der Waals surface area (Å²) in [7, 11) is 0. The molecule has 0 atom stereocenters. The van der Waals surface area contributed by atoms with E-state index in [0.29, 0.717) is 11.0 Å². The fourth-order valence-corrected chi connectivity index (χ4v) is 2.35. The average molecular weight is 263 g/mol. The predicted octanol–water partition coefficient (Wildman–Crippen LogP) is 3.31.